The Balaban J connectivity index is 1.57. The second-order valence-corrected chi connectivity index (χ2v) is 9.18. The molecule has 2 heterocycles. The molecule has 12 heteroatoms. The molecule has 32 heavy (non-hydrogen) atoms. The first-order chi connectivity index (χ1) is 15.1. The molecule has 1 aliphatic rings. The fraction of sp³-hybridized carbons (Fsp3) is 0.350. The summed E-state index contributed by atoms with van der Waals surface area (Å²) in [6.45, 7) is 0. The third-order valence-corrected chi connectivity index (χ3v) is 6.70. The summed E-state index contributed by atoms with van der Waals surface area (Å²) in [5, 5.41) is 4.09. The molecule has 1 aliphatic carbocycles. The number of hydrogen-bond donors (Lipinski definition) is 1. The number of benzene rings is 1. The first-order valence-electron chi connectivity index (χ1n) is 9.75. The Morgan fingerprint density at radius 2 is 2.03 bits per heavy atom. The Morgan fingerprint density at radius 1 is 1.22 bits per heavy atom. The summed E-state index contributed by atoms with van der Waals surface area (Å²) in [5.41, 5.74) is 0.735. The summed E-state index contributed by atoms with van der Waals surface area (Å²) < 4.78 is 77.4. The highest BCUT2D eigenvalue weighted by atomic mass is 32.2. The first-order valence-corrected chi connectivity index (χ1v) is 11.2. The lowest BCUT2D eigenvalue weighted by Crippen LogP contribution is -2.39. The summed E-state index contributed by atoms with van der Waals surface area (Å²) in [5.74, 6) is -4.43. The molecule has 170 valence electrons. The zero-order chi connectivity index (χ0) is 22.9. The topological polar surface area (TPSA) is 99.0 Å². The van der Waals surface area contributed by atoms with Crippen molar-refractivity contribution in [1.29, 1.82) is 0 Å². The summed E-state index contributed by atoms with van der Waals surface area (Å²) in [6, 6.07) is 6.19. The van der Waals surface area contributed by atoms with E-state index in [4.69, 9.17) is 4.74 Å². The highest BCUT2D eigenvalue weighted by Crippen LogP contribution is 2.43. The lowest BCUT2D eigenvalue weighted by Gasteiger charge is -2.36. The molecular weight excluding hydrogens is 447 g/mol. The number of rotatable bonds is 6. The third kappa shape index (κ3) is 4.69. The smallest absolute Gasteiger partial charge is 0.265 e. The van der Waals surface area contributed by atoms with Gasteiger partial charge in [-0.15, -0.1) is 0 Å². The van der Waals surface area contributed by atoms with Crippen molar-refractivity contribution in [3.8, 4) is 5.75 Å². The molecule has 0 saturated heterocycles. The van der Waals surface area contributed by atoms with Gasteiger partial charge >= 0.3 is 0 Å². The van der Waals surface area contributed by atoms with Gasteiger partial charge < -0.3 is 4.74 Å². The van der Waals surface area contributed by atoms with Gasteiger partial charge in [0.2, 0.25) is 0 Å². The molecule has 1 aromatic carbocycles. The second kappa shape index (κ2) is 8.41. The molecule has 2 aromatic heterocycles. The van der Waals surface area contributed by atoms with E-state index in [-0.39, 0.29) is 30.3 Å². The molecule has 0 amide bonds. The Morgan fingerprint density at radius 3 is 2.69 bits per heavy atom. The molecule has 0 spiro atoms. The van der Waals surface area contributed by atoms with Gasteiger partial charge in [0.25, 0.3) is 15.9 Å². The molecule has 1 N–H and O–H groups in total. The number of halogens is 3. The van der Waals surface area contributed by atoms with Crippen molar-refractivity contribution in [2.24, 2.45) is 7.05 Å². The molecule has 1 unspecified atom stereocenters. The minimum atomic E-state index is -4.27. The van der Waals surface area contributed by atoms with E-state index in [1.54, 1.807) is 24.0 Å². The number of aromatic nitrogens is 4. The predicted molar refractivity (Wildman–Crippen MR) is 108 cm³/mol. The minimum absolute atomic E-state index is 0.0248. The van der Waals surface area contributed by atoms with Crippen molar-refractivity contribution in [3.63, 3.8) is 0 Å². The van der Waals surface area contributed by atoms with Gasteiger partial charge in [0.1, 0.15) is 34.7 Å². The van der Waals surface area contributed by atoms with E-state index in [2.05, 4.69) is 19.8 Å². The average molecular weight is 467 g/mol. The van der Waals surface area contributed by atoms with E-state index in [0.717, 1.165) is 24.2 Å². The molecule has 1 saturated carbocycles. The van der Waals surface area contributed by atoms with Crippen molar-refractivity contribution in [1.82, 2.24) is 19.7 Å². The largest absolute Gasteiger partial charge is 0.489 e. The standard InChI is InChI=1S/C20H20F3N5O3S/c1-28-16(5-9-26-28)14-4-7-20(22,23)11-17(14)31-13-2-3-18(15(21)10-13)32(29,30)27-19-6-8-24-12-25-19/h2-3,5-6,8-10,12,14,17H,4,7,11H2,1H3,(H,24,25,27)/t14-,17?/m1/s1. The zero-order valence-corrected chi connectivity index (χ0v) is 17.8. The van der Waals surface area contributed by atoms with Crippen LogP contribution >= 0.6 is 0 Å². The molecule has 2 atom stereocenters. The number of nitrogens with zero attached hydrogens (tertiary/aromatic N) is 4. The third-order valence-electron chi connectivity index (χ3n) is 5.31. The van der Waals surface area contributed by atoms with Gasteiger partial charge in [-0.05, 0) is 30.7 Å². The van der Waals surface area contributed by atoms with Gasteiger partial charge in [-0.25, -0.2) is 31.6 Å². The maximum Gasteiger partial charge on any atom is 0.265 e. The number of sulfonamides is 1. The van der Waals surface area contributed by atoms with Crippen LogP contribution in [0.4, 0.5) is 19.0 Å². The van der Waals surface area contributed by atoms with Crippen LogP contribution in [0, 0.1) is 5.82 Å². The SMILES string of the molecule is Cn1nccc1[C@H]1CCC(F)(F)CC1Oc1ccc(S(=O)(=O)Nc2ccncn2)c(F)c1. The fourth-order valence-corrected chi connectivity index (χ4v) is 4.86. The van der Waals surface area contributed by atoms with Crippen molar-refractivity contribution in [2.75, 3.05) is 4.72 Å². The number of hydrogen-bond acceptors (Lipinski definition) is 6. The Bertz CT molecular complexity index is 1200. The monoisotopic (exact) mass is 467 g/mol. The van der Waals surface area contributed by atoms with Crippen LogP contribution in [0.25, 0.3) is 0 Å². The molecular formula is C20H20F3N5O3S. The van der Waals surface area contributed by atoms with Gasteiger partial charge in [0.05, 0.1) is 0 Å². The van der Waals surface area contributed by atoms with Crippen molar-refractivity contribution >= 4 is 15.8 Å². The lowest BCUT2D eigenvalue weighted by molar-refractivity contribution is -0.0781. The predicted octanol–water partition coefficient (Wildman–Crippen LogP) is 3.50. The molecule has 4 rings (SSSR count). The Labute approximate surface area is 182 Å². The highest BCUT2D eigenvalue weighted by Gasteiger charge is 2.44. The number of anilines is 1. The number of alkyl halides is 2. The highest BCUT2D eigenvalue weighted by molar-refractivity contribution is 7.92. The second-order valence-electron chi connectivity index (χ2n) is 7.53. The normalized spacial score (nSPS) is 20.6. The summed E-state index contributed by atoms with van der Waals surface area (Å²) >= 11 is 0. The van der Waals surface area contributed by atoms with Crippen LogP contribution < -0.4 is 9.46 Å². The minimum Gasteiger partial charge on any atom is -0.489 e. The van der Waals surface area contributed by atoms with Crippen molar-refractivity contribution in [3.05, 3.63) is 60.6 Å². The summed E-state index contributed by atoms with van der Waals surface area (Å²) in [7, 11) is -2.56. The van der Waals surface area contributed by atoms with E-state index in [0.29, 0.717) is 0 Å². The molecule has 0 bridgehead atoms. The zero-order valence-electron chi connectivity index (χ0n) is 17.0. The maximum atomic E-state index is 14.7. The Kier molecular flexibility index (Phi) is 5.80. The van der Waals surface area contributed by atoms with Gasteiger partial charge in [-0.2, -0.15) is 5.10 Å². The van der Waals surface area contributed by atoms with Crippen LogP contribution in [0.5, 0.6) is 5.75 Å². The summed E-state index contributed by atoms with van der Waals surface area (Å²) in [6.07, 6.45) is 2.46. The quantitative estimate of drug-likeness (QED) is 0.596. The van der Waals surface area contributed by atoms with Gasteiger partial charge in [-0.3, -0.25) is 9.40 Å². The van der Waals surface area contributed by atoms with Gasteiger partial charge in [0.15, 0.2) is 0 Å². The van der Waals surface area contributed by atoms with Crippen LogP contribution in [-0.2, 0) is 17.1 Å². The van der Waals surface area contributed by atoms with E-state index < -0.39 is 39.2 Å². The van der Waals surface area contributed by atoms with E-state index in [9.17, 15) is 21.6 Å². The molecule has 8 nitrogen and oxygen atoms in total. The Hall–Kier alpha value is -3.15. The molecule has 0 aliphatic heterocycles. The summed E-state index contributed by atoms with van der Waals surface area (Å²) in [4.78, 5) is 6.79. The number of ether oxygens (including phenoxy) is 1. The molecule has 0 radical (unpaired) electrons. The maximum absolute atomic E-state index is 14.7. The number of aryl methyl sites for hydroxylation is 1. The molecule has 1 fully saturated rings. The first kappa shape index (κ1) is 22.1. The van der Waals surface area contributed by atoms with Crippen molar-refractivity contribution < 1.29 is 26.3 Å². The van der Waals surface area contributed by atoms with E-state index in [1.165, 1.54) is 18.3 Å². The molecule has 3 aromatic rings. The van der Waals surface area contributed by atoms with Crippen LogP contribution in [0.1, 0.15) is 30.9 Å². The van der Waals surface area contributed by atoms with Gasteiger partial charge in [-0.1, -0.05) is 0 Å². The van der Waals surface area contributed by atoms with E-state index in [1.807, 2.05) is 0 Å². The van der Waals surface area contributed by atoms with Crippen LogP contribution in [0.3, 0.4) is 0 Å². The average Bonchev–Trinajstić information content (AvgIpc) is 3.13. The van der Waals surface area contributed by atoms with E-state index >= 15 is 0 Å². The lowest BCUT2D eigenvalue weighted by atomic mass is 9.82. The van der Waals surface area contributed by atoms with Gasteiger partial charge in [0, 0.05) is 50.0 Å². The number of nitrogens with one attached hydrogen (secondary N) is 1. The van der Waals surface area contributed by atoms with Crippen LogP contribution in [0.15, 0.2) is 53.9 Å². The van der Waals surface area contributed by atoms with Crippen LogP contribution in [0.2, 0.25) is 0 Å². The van der Waals surface area contributed by atoms with Crippen molar-refractivity contribution in [2.45, 2.75) is 42.1 Å². The van der Waals surface area contributed by atoms with Crippen LogP contribution in [-0.4, -0.2) is 40.2 Å². The fourth-order valence-electron chi connectivity index (χ4n) is 3.79.